The first-order valence-electron chi connectivity index (χ1n) is 6.38. The van der Waals surface area contributed by atoms with Crippen molar-refractivity contribution in [3.63, 3.8) is 0 Å². The van der Waals surface area contributed by atoms with Gasteiger partial charge in [-0.1, -0.05) is 77.6 Å². The van der Waals surface area contributed by atoms with E-state index in [2.05, 4.69) is 63.7 Å². The smallest absolute Gasteiger partial charge is 0.303 e. The highest BCUT2D eigenvalue weighted by molar-refractivity contribution is 9.10. The normalized spacial score (nSPS) is 19.1. The maximum Gasteiger partial charge on any atom is 0.470 e. The summed E-state index contributed by atoms with van der Waals surface area (Å²) in [6.45, 7) is 3.98. The summed E-state index contributed by atoms with van der Waals surface area (Å²) in [6.07, 6.45) is 1.55. The largest absolute Gasteiger partial charge is 0.470 e. The molecule has 0 amide bonds. The molecule has 4 atom stereocenters. The molecule has 10 heteroatoms. The summed E-state index contributed by atoms with van der Waals surface area (Å²) in [6, 6.07) is 0. The number of halogens is 5. The Morgan fingerprint density at radius 3 is 1.86 bits per heavy atom. The van der Waals surface area contributed by atoms with Crippen LogP contribution >= 0.6 is 83.1 Å². The second kappa shape index (κ2) is 10.3. The number of phosphoric acid groups is 1. The monoisotopic (exact) mass is 598 g/mol. The Kier molecular flexibility index (Phi) is 11.5. The van der Waals surface area contributed by atoms with E-state index in [1.54, 1.807) is 0 Å². The first-order valence-corrected chi connectivity index (χ1v) is 12.4. The van der Waals surface area contributed by atoms with Crippen LogP contribution in [0.15, 0.2) is 0 Å². The molecule has 4 nitrogen and oxygen atoms in total. The van der Waals surface area contributed by atoms with Crippen LogP contribution in [-0.2, 0) is 9.09 Å². The molecule has 0 aromatic carbocycles. The first-order chi connectivity index (χ1) is 9.58. The third kappa shape index (κ3) is 6.99. The third-order valence-electron chi connectivity index (χ3n) is 3.22. The average Bonchev–Trinajstić information content (AvgIpc) is 2.43. The predicted octanol–water partition coefficient (Wildman–Crippen LogP) is 5.19. The highest BCUT2D eigenvalue weighted by Crippen LogP contribution is 2.50. The number of alkyl halides is 5. The molecule has 128 valence electrons. The van der Waals surface area contributed by atoms with Crippen molar-refractivity contribution in [3.05, 3.63) is 0 Å². The van der Waals surface area contributed by atoms with Crippen LogP contribution in [0.1, 0.15) is 26.7 Å². The molecule has 0 aromatic rings. The second-order valence-corrected chi connectivity index (χ2v) is 9.87. The van der Waals surface area contributed by atoms with Crippen LogP contribution in [0, 0.1) is 5.92 Å². The minimum atomic E-state index is -4.66. The van der Waals surface area contributed by atoms with Gasteiger partial charge in [-0.05, 0) is 12.8 Å². The van der Waals surface area contributed by atoms with Gasteiger partial charge in [0.1, 0.15) is 5.60 Å². The summed E-state index contributed by atoms with van der Waals surface area (Å²) in [5.74, 6) is -0.320. The van der Waals surface area contributed by atoms with E-state index >= 15 is 0 Å². The molecule has 0 aliphatic carbocycles. The van der Waals surface area contributed by atoms with Crippen molar-refractivity contribution >= 4 is 83.1 Å². The van der Waals surface area contributed by atoms with Crippen molar-refractivity contribution in [2.45, 2.75) is 47.3 Å². The number of hydrogen-bond donors (Lipinski definition) is 2. The summed E-state index contributed by atoms with van der Waals surface area (Å²) in [4.78, 5) is 18.5. The van der Waals surface area contributed by atoms with Gasteiger partial charge in [0.05, 0.1) is 5.38 Å². The lowest BCUT2D eigenvalue weighted by atomic mass is 9.82. The van der Waals surface area contributed by atoms with Crippen molar-refractivity contribution in [1.82, 2.24) is 0 Å². The standard InChI is InChI=1S/C11H20Br4ClO4P/c1-3-7(14)9(10(16)8(15)4-2)11(5-12,6-13)20-21(17,18)19/h7-10H,3-6H2,1-2H3,(H2,17,18,19). The molecule has 21 heavy (non-hydrogen) atoms. The van der Waals surface area contributed by atoms with Gasteiger partial charge in [-0.3, -0.25) is 4.52 Å². The van der Waals surface area contributed by atoms with E-state index in [0.29, 0.717) is 0 Å². The number of hydrogen-bond acceptors (Lipinski definition) is 2. The number of rotatable bonds is 10. The second-order valence-electron chi connectivity index (χ2n) is 4.73. The lowest BCUT2D eigenvalue weighted by molar-refractivity contribution is 0.0218. The zero-order chi connectivity index (χ0) is 16.8. The summed E-state index contributed by atoms with van der Waals surface area (Å²) in [7, 11) is -4.66. The first kappa shape index (κ1) is 23.3. The average molecular weight is 602 g/mol. The summed E-state index contributed by atoms with van der Waals surface area (Å²) in [5, 5.41) is 0.131. The van der Waals surface area contributed by atoms with E-state index in [-0.39, 0.29) is 31.6 Å². The molecule has 2 N–H and O–H groups in total. The quantitative estimate of drug-likeness (QED) is 0.267. The number of phosphoric ester groups is 1. The van der Waals surface area contributed by atoms with Crippen molar-refractivity contribution in [2.75, 3.05) is 10.7 Å². The van der Waals surface area contributed by atoms with E-state index in [9.17, 15) is 14.4 Å². The Morgan fingerprint density at radius 2 is 1.57 bits per heavy atom. The van der Waals surface area contributed by atoms with Crippen molar-refractivity contribution < 1.29 is 18.9 Å². The molecule has 4 unspecified atom stereocenters. The lowest BCUT2D eigenvalue weighted by Gasteiger charge is -2.43. The van der Waals surface area contributed by atoms with Gasteiger partial charge >= 0.3 is 7.82 Å². The molecule has 0 aliphatic rings. The fraction of sp³-hybridized carbons (Fsp3) is 1.00. The van der Waals surface area contributed by atoms with E-state index in [1.165, 1.54) is 0 Å². The van der Waals surface area contributed by atoms with Gasteiger partial charge in [-0.15, -0.1) is 11.6 Å². The molecule has 0 aliphatic heterocycles. The van der Waals surface area contributed by atoms with Crippen LogP contribution in [0.2, 0.25) is 0 Å². The van der Waals surface area contributed by atoms with Crippen molar-refractivity contribution in [2.24, 2.45) is 5.92 Å². The lowest BCUT2D eigenvalue weighted by Crippen LogP contribution is -2.53. The molecule has 0 aromatic heterocycles. The van der Waals surface area contributed by atoms with Gasteiger partial charge in [0.25, 0.3) is 0 Å². The highest BCUT2D eigenvalue weighted by atomic mass is 79.9. The Bertz CT molecular complexity index is 353. The Balaban J connectivity index is 5.74. The molecule has 0 spiro atoms. The van der Waals surface area contributed by atoms with E-state index in [0.717, 1.165) is 12.8 Å². The van der Waals surface area contributed by atoms with Gasteiger partial charge in [-0.25, -0.2) is 4.57 Å². The van der Waals surface area contributed by atoms with Crippen LogP contribution in [0.5, 0.6) is 0 Å². The van der Waals surface area contributed by atoms with Crippen LogP contribution < -0.4 is 0 Å². The Labute approximate surface area is 164 Å². The van der Waals surface area contributed by atoms with Crippen molar-refractivity contribution in [3.8, 4) is 0 Å². The molecule has 0 radical (unpaired) electrons. The van der Waals surface area contributed by atoms with E-state index < -0.39 is 13.4 Å². The van der Waals surface area contributed by atoms with Gasteiger partial charge in [-0.2, -0.15) is 0 Å². The maximum absolute atomic E-state index is 11.4. The predicted molar refractivity (Wildman–Crippen MR) is 103 cm³/mol. The van der Waals surface area contributed by atoms with Crippen LogP contribution in [0.4, 0.5) is 0 Å². The Hall–Kier alpha value is 2.32. The molecule has 0 fully saturated rings. The molecule has 0 rings (SSSR count). The van der Waals surface area contributed by atoms with Crippen molar-refractivity contribution in [1.29, 1.82) is 0 Å². The van der Waals surface area contributed by atoms with Gasteiger partial charge in [0.2, 0.25) is 0 Å². The maximum atomic E-state index is 11.4. The van der Waals surface area contributed by atoms with Gasteiger partial charge in [0.15, 0.2) is 0 Å². The fourth-order valence-electron chi connectivity index (χ4n) is 2.08. The van der Waals surface area contributed by atoms with E-state index in [4.69, 9.17) is 16.1 Å². The van der Waals surface area contributed by atoms with Gasteiger partial charge in [0, 0.05) is 26.2 Å². The summed E-state index contributed by atoms with van der Waals surface area (Å²) < 4.78 is 16.6. The molecule has 0 saturated carbocycles. The summed E-state index contributed by atoms with van der Waals surface area (Å²) >= 11 is 20.4. The zero-order valence-corrected chi connectivity index (χ0v) is 19.7. The third-order valence-corrected chi connectivity index (χ3v) is 9.03. The molecule has 0 heterocycles. The fourth-order valence-corrected chi connectivity index (χ4v) is 6.97. The van der Waals surface area contributed by atoms with Crippen LogP contribution in [-0.4, -0.2) is 41.1 Å². The van der Waals surface area contributed by atoms with E-state index in [1.807, 2.05) is 13.8 Å². The SMILES string of the molecule is CCC(Br)C(Cl)C(C(Br)CC)C(CBr)(CBr)OP(=O)(O)O. The Morgan fingerprint density at radius 1 is 1.14 bits per heavy atom. The highest BCUT2D eigenvalue weighted by Gasteiger charge is 2.50. The topological polar surface area (TPSA) is 66.8 Å². The minimum Gasteiger partial charge on any atom is -0.303 e. The zero-order valence-electron chi connectivity index (χ0n) is 11.7. The van der Waals surface area contributed by atoms with Crippen LogP contribution in [0.3, 0.4) is 0 Å². The molecule has 0 bridgehead atoms. The summed E-state index contributed by atoms with van der Waals surface area (Å²) in [5.41, 5.74) is -1.13. The van der Waals surface area contributed by atoms with Gasteiger partial charge < -0.3 is 9.79 Å². The molecular weight excluding hydrogens is 582 g/mol. The molecular formula is C11H20Br4ClO4P. The minimum absolute atomic E-state index is 0.00797. The molecule has 0 saturated heterocycles. The van der Waals surface area contributed by atoms with Crippen LogP contribution in [0.25, 0.3) is 0 Å².